The van der Waals surface area contributed by atoms with Crippen molar-refractivity contribution in [3.05, 3.63) is 78.5 Å². The van der Waals surface area contributed by atoms with Gasteiger partial charge in [0.25, 0.3) is 0 Å². The van der Waals surface area contributed by atoms with Crippen LogP contribution >= 0.6 is 12.2 Å². The van der Waals surface area contributed by atoms with Gasteiger partial charge >= 0.3 is 0 Å². The van der Waals surface area contributed by atoms with Gasteiger partial charge < -0.3 is 19.7 Å². The number of phenolic OH excluding ortho intramolecular Hbond substituents is 1. The average molecular weight is 337 g/mol. The molecule has 1 aliphatic rings. The maximum Gasteiger partial charge on any atom is 0.174 e. The van der Waals surface area contributed by atoms with Crippen molar-refractivity contribution in [3.63, 3.8) is 0 Å². The van der Waals surface area contributed by atoms with E-state index in [2.05, 4.69) is 10.3 Å². The largest absolute Gasteiger partial charge is 0.508 e. The molecule has 24 heavy (non-hydrogen) atoms. The highest BCUT2D eigenvalue weighted by atomic mass is 32.1. The molecule has 1 aliphatic heterocycles. The molecule has 0 spiro atoms. The minimum atomic E-state index is -0.160. The summed E-state index contributed by atoms with van der Waals surface area (Å²) >= 11 is 5.57. The number of nitrogens with one attached hydrogen (secondary N) is 1. The van der Waals surface area contributed by atoms with Gasteiger partial charge in [0.05, 0.1) is 18.0 Å². The number of anilines is 1. The Morgan fingerprint density at radius 3 is 2.58 bits per heavy atom. The zero-order chi connectivity index (χ0) is 16.5. The Hall–Kier alpha value is -2.86. The van der Waals surface area contributed by atoms with Crippen molar-refractivity contribution in [1.82, 2.24) is 10.3 Å². The first-order valence-corrected chi connectivity index (χ1v) is 7.98. The zero-order valence-electron chi connectivity index (χ0n) is 12.7. The first kappa shape index (κ1) is 14.7. The van der Waals surface area contributed by atoms with Gasteiger partial charge in [0.15, 0.2) is 5.11 Å². The van der Waals surface area contributed by atoms with E-state index >= 15 is 0 Å². The van der Waals surface area contributed by atoms with Gasteiger partial charge in [-0.3, -0.25) is 4.98 Å². The highest BCUT2D eigenvalue weighted by Gasteiger charge is 2.42. The molecule has 2 aromatic heterocycles. The lowest BCUT2D eigenvalue weighted by Crippen LogP contribution is -2.29. The molecule has 3 heterocycles. The summed E-state index contributed by atoms with van der Waals surface area (Å²) < 4.78 is 5.67. The van der Waals surface area contributed by atoms with E-state index in [9.17, 15) is 5.11 Å². The van der Waals surface area contributed by atoms with Crippen LogP contribution in [-0.4, -0.2) is 15.2 Å². The van der Waals surface area contributed by atoms with Crippen LogP contribution in [0.15, 0.2) is 71.5 Å². The number of hydrogen-bond donors (Lipinski definition) is 2. The fourth-order valence-corrected chi connectivity index (χ4v) is 3.34. The topological polar surface area (TPSA) is 61.5 Å². The van der Waals surface area contributed by atoms with Crippen molar-refractivity contribution in [1.29, 1.82) is 0 Å². The molecule has 0 amide bonds. The van der Waals surface area contributed by atoms with Crippen LogP contribution in [0, 0.1) is 0 Å². The normalized spacial score (nSPS) is 20.2. The minimum absolute atomic E-state index is 0.126. The molecule has 3 aromatic rings. The van der Waals surface area contributed by atoms with Gasteiger partial charge in [-0.15, -0.1) is 0 Å². The lowest BCUT2D eigenvalue weighted by molar-refractivity contribution is 0.432. The molecule has 0 unspecified atom stereocenters. The highest BCUT2D eigenvalue weighted by Crippen LogP contribution is 2.41. The molecule has 4 rings (SSSR count). The molecule has 2 N–H and O–H groups in total. The molecule has 120 valence electrons. The van der Waals surface area contributed by atoms with E-state index in [4.69, 9.17) is 16.6 Å². The summed E-state index contributed by atoms with van der Waals surface area (Å²) in [4.78, 5) is 6.46. The molecule has 2 atom stereocenters. The maximum atomic E-state index is 9.55. The number of furan rings is 1. The van der Waals surface area contributed by atoms with Crippen molar-refractivity contribution in [2.24, 2.45) is 0 Å². The number of benzene rings is 1. The van der Waals surface area contributed by atoms with Crippen LogP contribution in [-0.2, 0) is 0 Å². The monoisotopic (exact) mass is 337 g/mol. The quantitative estimate of drug-likeness (QED) is 0.713. The first-order chi connectivity index (χ1) is 11.7. The lowest BCUT2D eigenvalue weighted by atomic mass is 10.0. The van der Waals surface area contributed by atoms with Crippen molar-refractivity contribution in [3.8, 4) is 5.75 Å². The summed E-state index contributed by atoms with van der Waals surface area (Å²) in [6, 6.07) is 16.3. The third-order valence-corrected chi connectivity index (χ3v) is 4.38. The molecule has 0 radical (unpaired) electrons. The van der Waals surface area contributed by atoms with Crippen LogP contribution < -0.4 is 10.2 Å². The summed E-state index contributed by atoms with van der Waals surface area (Å²) in [6.45, 7) is 0. The van der Waals surface area contributed by atoms with Crippen LogP contribution in [0.25, 0.3) is 0 Å². The van der Waals surface area contributed by atoms with E-state index in [1.54, 1.807) is 24.6 Å². The summed E-state index contributed by atoms with van der Waals surface area (Å²) in [6.07, 6.45) is 3.42. The van der Waals surface area contributed by atoms with Crippen LogP contribution in [0.2, 0.25) is 0 Å². The Labute approximate surface area is 144 Å². The van der Waals surface area contributed by atoms with Crippen molar-refractivity contribution >= 4 is 23.0 Å². The van der Waals surface area contributed by atoms with Gasteiger partial charge in [0.1, 0.15) is 17.6 Å². The Balaban J connectivity index is 1.80. The van der Waals surface area contributed by atoms with Gasteiger partial charge in [-0.2, -0.15) is 0 Å². The lowest BCUT2D eigenvalue weighted by Gasteiger charge is -2.26. The van der Waals surface area contributed by atoms with Gasteiger partial charge in [-0.25, -0.2) is 0 Å². The van der Waals surface area contributed by atoms with E-state index < -0.39 is 0 Å². The Morgan fingerprint density at radius 2 is 1.92 bits per heavy atom. The first-order valence-electron chi connectivity index (χ1n) is 7.57. The number of thiocarbonyl (C=S) groups is 1. The van der Waals surface area contributed by atoms with Gasteiger partial charge in [-0.05, 0) is 60.7 Å². The van der Waals surface area contributed by atoms with Gasteiger partial charge in [0.2, 0.25) is 0 Å². The predicted octanol–water partition coefficient (Wildman–Crippen LogP) is 3.56. The number of aromatic nitrogens is 1. The van der Waals surface area contributed by atoms with Crippen LogP contribution in [0.3, 0.4) is 0 Å². The Morgan fingerprint density at radius 1 is 1.08 bits per heavy atom. The maximum absolute atomic E-state index is 9.55. The predicted molar refractivity (Wildman–Crippen MR) is 94.7 cm³/mol. The second-order valence-electron chi connectivity index (χ2n) is 5.53. The fraction of sp³-hybridized carbons (Fsp3) is 0.111. The molecule has 1 saturated heterocycles. The van der Waals surface area contributed by atoms with E-state index in [-0.39, 0.29) is 17.8 Å². The summed E-state index contributed by atoms with van der Waals surface area (Å²) in [5, 5.41) is 13.5. The summed E-state index contributed by atoms with van der Waals surface area (Å²) in [7, 11) is 0. The van der Waals surface area contributed by atoms with Crippen LogP contribution in [0.1, 0.15) is 23.5 Å². The van der Waals surface area contributed by atoms with Crippen molar-refractivity contribution < 1.29 is 9.52 Å². The summed E-state index contributed by atoms with van der Waals surface area (Å²) in [5.74, 6) is 1.01. The number of phenols is 1. The molecule has 0 bridgehead atoms. The molecule has 6 heteroatoms. The minimum Gasteiger partial charge on any atom is -0.508 e. The summed E-state index contributed by atoms with van der Waals surface area (Å²) in [5.41, 5.74) is 1.77. The number of rotatable bonds is 3. The van der Waals surface area contributed by atoms with E-state index in [0.29, 0.717) is 5.11 Å². The van der Waals surface area contributed by atoms with Gasteiger partial charge in [0, 0.05) is 11.9 Å². The third-order valence-electron chi connectivity index (χ3n) is 4.06. The van der Waals surface area contributed by atoms with E-state index in [1.165, 1.54) is 0 Å². The van der Waals surface area contributed by atoms with E-state index in [0.717, 1.165) is 17.1 Å². The number of pyridine rings is 1. The fourth-order valence-electron chi connectivity index (χ4n) is 2.99. The molecular formula is C18H15N3O2S. The van der Waals surface area contributed by atoms with E-state index in [1.807, 2.05) is 47.4 Å². The number of nitrogens with zero attached hydrogens (tertiary/aromatic N) is 2. The molecule has 0 aliphatic carbocycles. The van der Waals surface area contributed by atoms with Crippen LogP contribution in [0.5, 0.6) is 5.75 Å². The number of aromatic hydroxyl groups is 1. The average Bonchev–Trinajstić information content (AvgIpc) is 3.24. The number of hydrogen-bond acceptors (Lipinski definition) is 4. The Bertz CT molecular complexity index is 834. The highest BCUT2D eigenvalue weighted by molar-refractivity contribution is 7.80. The smallest absolute Gasteiger partial charge is 0.174 e. The second-order valence-corrected chi connectivity index (χ2v) is 5.92. The Kier molecular flexibility index (Phi) is 3.66. The molecule has 1 fully saturated rings. The van der Waals surface area contributed by atoms with Crippen molar-refractivity contribution in [2.75, 3.05) is 4.90 Å². The zero-order valence-corrected chi connectivity index (χ0v) is 13.5. The molecular weight excluding hydrogens is 322 g/mol. The van der Waals surface area contributed by atoms with Crippen LogP contribution in [0.4, 0.5) is 5.69 Å². The molecule has 1 aromatic carbocycles. The SMILES string of the molecule is Oc1ccc(N2C(=S)N[C@H](c3ccccn3)[C@@H]2c2ccco2)cc1. The molecule has 5 nitrogen and oxygen atoms in total. The van der Waals surface area contributed by atoms with Gasteiger partial charge in [-0.1, -0.05) is 6.07 Å². The molecule has 0 saturated carbocycles. The second kappa shape index (κ2) is 5.98. The van der Waals surface area contributed by atoms with Crippen molar-refractivity contribution in [2.45, 2.75) is 12.1 Å². The third kappa shape index (κ3) is 2.51. The standard InChI is InChI=1S/C18H15N3O2S/c22-13-8-6-12(7-9-13)21-17(15-5-3-11-23-15)16(20-18(21)24)14-4-1-2-10-19-14/h1-11,16-17,22H,(H,20,24)/t16-,17+/m1/s1.